The molecule has 27 heavy (non-hydrogen) atoms. The largest absolute Gasteiger partial charge is 0.350 e. The van der Waals surface area contributed by atoms with Crippen LogP contribution in [0.15, 0.2) is 59.3 Å². The summed E-state index contributed by atoms with van der Waals surface area (Å²) in [7, 11) is 0. The molecule has 1 N–H and O–H groups in total. The number of carbonyl (C=O) groups is 1. The second-order valence-electron chi connectivity index (χ2n) is 6.95. The molecular weight excluding hydrogens is 372 g/mol. The maximum atomic E-state index is 12.8. The maximum Gasteiger partial charge on any atom is 0.237 e. The Hall–Kier alpha value is -1.95. The highest BCUT2D eigenvalue weighted by Gasteiger charge is 2.28. The zero-order chi connectivity index (χ0) is 18.5. The molecule has 1 amide bonds. The fraction of sp³-hybridized carbons (Fsp3) is 0.318. The molecule has 3 heterocycles. The summed E-state index contributed by atoms with van der Waals surface area (Å²) in [6.45, 7) is 2.46. The van der Waals surface area contributed by atoms with E-state index in [1.807, 2.05) is 11.4 Å². The summed E-state index contributed by atoms with van der Waals surface area (Å²) in [5, 5.41) is 7.29. The molecule has 0 spiro atoms. The Morgan fingerprint density at radius 1 is 1.04 bits per heavy atom. The van der Waals surface area contributed by atoms with Crippen molar-refractivity contribution in [2.45, 2.75) is 38.4 Å². The van der Waals surface area contributed by atoms with Crippen LogP contribution in [0.4, 0.5) is 0 Å². The molecule has 3 aromatic rings. The maximum absolute atomic E-state index is 12.8. The van der Waals surface area contributed by atoms with E-state index in [9.17, 15) is 4.79 Å². The normalized spacial score (nSPS) is 17.7. The van der Waals surface area contributed by atoms with E-state index in [0.717, 1.165) is 25.9 Å². The molecular formula is C22H24N2OS2. The predicted molar refractivity (Wildman–Crippen MR) is 114 cm³/mol. The molecule has 2 aromatic heterocycles. The van der Waals surface area contributed by atoms with Crippen LogP contribution < -0.4 is 5.32 Å². The van der Waals surface area contributed by atoms with E-state index in [-0.39, 0.29) is 11.9 Å². The van der Waals surface area contributed by atoms with Gasteiger partial charge in [-0.3, -0.25) is 9.69 Å². The van der Waals surface area contributed by atoms with Gasteiger partial charge in [0.05, 0.1) is 12.6 Å². The van der Waals surface area contributed by atoms with Crippen molar-refractivity contribution >= 4 is 28.6 Å². The Balaban J connectivity index is 1.39. The fourth-order valence-corrected chi connectivity index (χ4v) is 5.01. The Bertz CT molecular complexity index is 841. The number of thiophene rings is 2. The minimum Gasteiger partial charge on any atom is -0.350 e. The smallest absolute Gasteiger partial charge is 0.237 e. The third-order valence-corrected chi connectivity index (χ3v) is 6.87. The number of hydrogen-bond acceptors (Lipinski definition) is 4. The van der Waals surface area contributed by atoms with E-state index in [4.69, 9.17) is 0 Å². The van der Waals surface area contributed by atoms with Crippen LogP contribution in [-0.2, 0) is 17.9 Å². The summed E-state index contributed by atoms with van der Waals surface area (Å²) in [5.41, 5.74) is 2.53. The van der Waals surface area contributed by atoms with Gasteiger partial charge in [0.2, 0.25) is 5.91 Å². The lowest BCUT2D eigenvalue weighted by Crippen LogP contribution is -2.48. The van der Waals surface area contributed by atoms with E-state index < -0.39 is 0 Å². The highest BCUT2D eigenvalue weighted by Crippen LogP contribution is 2.26. The van der Waals surface area contributed by atoms with Crippen LogP contribution in [0, 0.1) is 0 Å². The molecule has 1 aliphatic heterocycles. The van der Waals surface area contributed by atoms with Crippen LogP contribution in [0.25, 0.3) is 10.4 Å². The second kappa shape index (κ2) is 8.83. The van der Waals surface area contributed by atoms with Crippen molar-refractivity contribution in [3.63, 3.8) is 0 Å². The first-order valence-electron chi connectivity index (χ1n) is 9.46. The van der Waals surface area contributed by atoms with Gasteiger partial charge in [-0.05, 0) is 53.4 Å². The van der Waals surface area contributed by atoms with Gasteiger partial charge < -0.3 is 5.32 Å². The van der Waals surface area contributed by atoms with Gasteiger partial charge in [-0.1, -0.05) is 42.8 Å². The Labute approximate surface area is 168 Å². The minimum absolute atomic E-state index is 0.0179. The van der Waals surface area contributed by atoms with Gasteiger partial charge in [-0.2, -0.15) is 0 Å². The molecule has 0 radical (unpaired) electrons. The van der Waals surface area contributed by atoms with E-state index in [2.05, 4.69) is 58.1 Å². The summed E-state index contributed by atoms with van der Waals surface area (Å²) < 4.78 is 0. The number of benzene rings is 1. The van der Waals surface area contributed by atoms with Gasteiger partial charge in [0.15, 0.2) is 0 Å². The minimum atomic E-state index is -0.0179. The molecule has 1 atom stereocenters. The average molecular weight is 397 g/mol. The van der Waals surface area contributed by atoms with Gasteiger partial charge in [-0.25, -0.2) is 0 Å². The monoisotopic (exact) mass is 396 g/mol. The first-order valence-corrected chi connectivity index (χ1v) is 11.2. The molecule has 140 valence electrons. The molecule has 1 saturated heterocycles. The van der Waals surface area contributed by atoms with E-state index in [1.165, 1.54) is 27.3 Å². The van der Waals surface area contributed by atoms with E-state index >= 15 is 0 Å². The Morgan fingerprint density at radius 2 is 1.85 bits per heavy atom. The van der Waals surface area contributed by atoms with Crippen LogP contribution in [-0.4, -0.2) is 23.4 Å². The van der Waals surface area contributed by atoms with Gasteiger partial charge in [-0.15, -0.1) is 22.7 Å². The van der Waals surface area contributed by atoms with Gasteiger partial charge in [0, 0.05) is 16.3 Å². The first-order chi connectivity index (χ1) is 13.3. The van der Waals surface area contributed by atoms with Crippen LogP contribution in [0.1, 0.15) is 29.7 Å². The lowest BCUT2D eigenvalue weighted by Gasteiger charge is -2.34. The summed E-state index contributed by atoms with van der Waals surface area (Å²) in [6.07, 6.45) is 3.25. The molecule has 5 heteroatoms. The number of likely N-dealkylation sites (tertiary alicyclic amines) is 1. The van der Waals surface area contributed by atoms with Crippen molar-refractivity contribution < 1.29 is 4.79 Å². The number of hydrogen-bond donors (Lipinski definition) is 1. The van der Waals surface area contributed by atoms with Crippen LogP contribution in [0.2, 0.25) is 0 Å². The quantitative estimate of drug-likeness (QED) is 0.625. The molecule has 1 aliphatic rings. The first kappa shape index (κ1) is 18.4. The fourth-order valence-electron chi connectivity index (χ4n) is 3.63. The third-order valence-electron chi connectivity index (χ3n) is 5.08. The number of carbonyl (C=O) groups excluding carboxylic acids is 1. The number of nitrogens with zero attached hydrogens (tertiary/aromatic N) is 1. The van der Waals surface area contributed by atoms with E-state index in [1.54, 1.807) is 22.7 Å². The predicted octanol–water partition coefficient (Wildman–Crippen LogP) is 5.15. The molecule has 1 unspecified atom stereocenters. The van der Waals surface area contributed by atoms with Crippen molar-refractivity contribution in [2.24, 2.45) is 0 Å². The molecule has 0 bridgehead atoms. The molecule has 1 fully saturated rings. The van der Waals surface area contributed by atoms with Crippen LogP contribution in [0.3, 0.4) is 0 Å². The summed E-state index contributed by atoms with van der Waals surface area (Å²) in [4.78, 5) is 17.6. The summed E-state index contributed by atoms with van der Waals surface area (Å²) in [5.74, 6) is 0.165. The third kappa shape index (κ3) is 4.67. The number of rotatable bonds is 6. The number of nitrogens with one attached hydrogen (secondary N) is 1. The van der Waals surface area contributed by atoms with Crippen LogP contribution in [0.5, 0.6) is 0 Å². The SMILES string of the molecule is O=C(NCc1cccs1)C1CCCCN1Cc1ccc(-c2cccs2)cc1. The molecule has 4 rings (SSSR count). The molecule has 0 saturated carbocycles. The van der Waals surface area contributed by atoms with Crippen molar-refractivity contribution in [2.75, 3.05) is 6.54 Å². The Kier molecular flexibility index (Phi) is 6.02. The number of piperidine rings is 1. The lowest BCUT2D eigenvalue weighted by molar-refractivity contribution is -0.128. The topological polar surface area (TPSA) is 32.3 Å². The van der Waals surface area contributed by atoms with Gasteiger partial charge in [0.25, 0.3) is 0 Å². The van der Waals surface area contributed by atoms with Crippen molar-refractivity contribution in [3.8, 4) is 10.4 Å². The average Bonchev–Trinajstić information content (AvgIpc) is 3.41. The van der Waals surface area contributed by atoms with Crippen LogP contribution >= 0.6 is 22.7 Å². The highest BCUT2D eigenvalue weighted by molar-refractivity contribution is 7.13. The lowest BCUT2D eigenvalue weighted by atomic mass is 10.00. The second-order valence-corrected chi connectivity index (χ2v) is 8.93. The van der Waals surface area contributed by atoms with E-state index in [0.29, 0.717) is 6.54 Å². The zero-order valence-electron chi connectivity index (χ0n) is 15.3. The molecule has 0 aliphatic carbocycles. The van der Waals surface area contributed by atoms with Crippen molar-refractivity contribution in [3.05, 3.63) is 69.7 Å². The summed E-state index contributed by atoms with van der Waals surface area (Å²) >= 11 is 3.45. The molecule has 3 nitrogen and oxygen atoms in total. The highest BCUT2D eigenvalue weighted by atomic mass is 32.1. The number of amides is 1. The van der Waals surface area contributed by atoms with Crippen molar-refractivity contribution in [1.82, 2.24) is 10.2 Å². The molecule has 1 aromatic carbocycles. The Morgan fingerprint density at radius 3 is 2.59 bits per heavy atom. The van der Waals surface area contributed by atoms with Gasteiger partial charge in [0.1, 0.15) is 0 Å². The summed E-state index contributed by atoms with van der Waals surface area (Å²) in [6, 6.07) is 17.1. The van der Waals surface area contributed by atoms with Crippen molar-refractivity contribution in [1.29, 1.82) is 0 Å². The van der Waals surface area contributed by atoms with Gasteiger partial charge >= 0.3 is 0 Å². The standard InChI is InChI=1S/C22H24N2OS2/c25-22(23-15-19-5-3-13-26-19)20-6-1-2-12-24(20)16-17-8-10-18(11-9-17)21-7-4-14-27-21/h3-5,7-11,13-14,20H,1-2,6,12,15-16H2,(H,23,25). The zero-order valence-corrected chi connectivity index (χ0v) is 16.9.